The Morgan fingerprint density at radius 3 is 2.69 bits per heavy atom. The van der Waals surface area contributed by atoms with Crippen LogP contribution in [0.4, 0.5) is 0 Å². The molecule has 2 heterocycles. The molecule has 0 saturated heterocycles. The Hall–Kier alpha value is -2.48. The molecule has 2 aromatic heterocycles. The lowest BCUT2D eigenvalue weighted by molar-refractivity contribution is -0.145. The molecule has 1 saturated carbocycles. The predicted molar refractivity (Wildman–Crippen MR) is 93.3 cm³/mol. The van der Waals surface area contributed by atoms with Crippen LogP contribution in [-0.4, -0.2) is 46.4 Å². The number of nitrogens with zero attached hydrogens (tertiary/aromatic N) is 2. The standard InChI is InChI=1S/C18H23N3O5/c1-9(2)14-13-11(15(22)20-18(3,8-25-4)17(23)24)7-12(10-5-6-10)19-16(13)26-21-14/h7,9-10H,5-6,8H2,1-4H3,(H,20,22)(H,23,24). The molecule has 1 fully saturated rings. The molecule has 0 aliphatic heterocycles. The molecule has 1 aliphatic carbocycles. The fourth-order valence-electron chi connectivity index (χ4n) is 2.91. The zero-order chi connectivity index (χ0) is 19.1. The molecule has 0 bridgehead atoms. The van der Waals surface area contributed by atoms with Crippen molar-refractivity contribution in [3.05, 3.63) is 23.0 Å². The molecule has 1 atom stereocenters. The molecule has 8 heteroatoms. The van der Waals surface area contributed by atoms with Crippen LogP contribution in [0.15, 0.2) is 10.6 Å². The zero-order valence-corrected chi connectivity index (χ0v) is 15.3. The van der Waals surface area contributed by atoms with Gasteiger partial charge in [0, 0.05) is 18.7 Å². The number of carboxylic acids is 1. The van der Waals surface area contributed by atoms with E-state index in [0.717, 1.165) is 18.5 Å². The number of pyridine rings is 1. The van der Waals surface area contributed by atoms with Gasteiger partial charge in [-0.2, -0.15) is 0 Å². The highest BCUT2D eigenvalue weighted by atomic mass is 16.5. The molecule has 2 aromatic rings. The topological polar surface area (TPSA) is 115 Å². The second-order valence-electron chi connectivity index (χ2n) is 7.30. The monoisotopic (exact) mass is 361 g/mol. The number of fused-ring (bicyclic) bond motifs is 1. The number of hydrogen-bond acceptors (Lipinski definition) is 6. The third-order valence-corrected chi connectivity index (χ3v) is 4.57. The number of nitrogens with one attached hydrogen (secondary N) is 1. The number of ether oxygens (including phenoxy) is 1. The molecule has 0 aromatic carbocycles. The summed E-state index contributed by atoms with van der Waals surface area (Å²) in [6, 6.07) is 1.73. The minimum Gasteiger partial charge on any atom is -0.479 e. The van der Waals surface area contributed by atoms with Crippen molar-refractivity contribution in [1.82, 2.24) is 15.5 Å². The number of rotatable bonds is 7. The van der Waals surface area contributed by atoms with E-state index in [2.05, 4.69) is 15.5 Å². The molecule has 2 N–H and O–H groups in total. The van der Waals surface area contributed by atoms with Gasteiger partial charge in [-0.15, -0.1) is 0 Å². The van der Waals surface area contributed by atoms with Crippen molar-refractivity contribution >= 4 is 23.0 Å². The minimum absolute atomic E-state index is 0.0289. The first-order valence-electron chi connectivity index (χ1n) is 8.62. The number of carboxylic acid groups (broad SMARTS) is 1. The van der Waals surface area contributed by atoms with Crippen molar-refractivity contribution in [1.29, 1.82) is 0 Å². The van der Waals surface area contributed by atoms with Gasteiger partial charge >= 0.3 is 5.97 Å². The van der Waals surface area contributed by atoms with E-state index in [9.17, 15) is 14.7 Å². The van der Waals surface area contributed by atoms with E-state index in [1.807, 2.05) is 13.8 Å². The van der Waals surface area contributed by atoms with Crippen LogP contribution in [-0.2, 0) is 9.53 Å². The highest BCUT2D eigenvalue weighted by Crippen LogP contribution is 2.41. The summed E-state index contributed by atoms with van der Waals surface area (Å²) in [7, 11) is 1.39. The first-order chi connectivity index (χ1) is 12.3. The van der Waals surface area contributed by atoms with E-state index in [1.165, 1.54) is 14.0 Å². The first kappa shape index (κ1) is 18.3. The van der Waals surface area contributed by atoms with Gasteiger partial charge in [-0.05, 0) is 31.7 Å². The van der Waals surface area contributed by atoms with Crippen molar-refractivity contribution in [2.24, 2.45) is 0 Å². The van der Waals surface area contributed by atoms with Crippen LogP contribution in [0.2, 0.25) is 0 Å². The van der Waals surface area contributed by atoms with E-state index >= 15 is 0 Å². The summed E-state index contributed by atoms with van der Waals surface area (Å²) in [4.78, 5) is 29.1. The Kier molecular flexibility index (Phi) is 4.70. The van der Waals surface area contributed by atoms with E-state index in [1.54, 1.807) is 6.07 Å². The Balaban J connectivity index is 2.08. The summed E-state index contributed by atoms with van der Waals surface area (Å²) >= 11 is 0. The van der Waals surface area contributed by atoms with E-state index < -0.39 is 17.4 Å². The van der Waals surface area contributed by atoms with Gasteiger partial charge < -0.3 is 19.7 Å². The van der Waals surface area contributed by atoms with Gasteiger partial charge in [-0.3, -0.25) is 4.79 Å². The van der Waals surface area contributed by atoms with Crippen LogP contribution in [0.1, 0.15) is 67.2 Å². The Bertz CT molecular complexity index is 856. The van der Waals surface area contributed by atoms with Gasteiger partial charge in [0.05, 0.1) is 23.3 Å². The minimum atomic E-state index is -1.55. The number of carbonyl (C=O) groups is 2. The summed E-state index contributed by atoms with van der Waals surface area (Å²) < 4.78 is 10.3. The maximum Gasteiger partial charge on any atom is 0.331 e. The molecule has 140 valence electrons. The van der Waals surface area contributed by atoms with Crippen molar-refractivity contribution in [3.63, 3.8) is 0 Å². The van der Waals surface area contributed by atoms with E-state index in [0.29, 0.717) is 28.3 Å². The summed E-state index contributed by atoms with van der Waals surface area (Å²) in [5.41, 5.74) is 0.509. The number of aromatic nitrogens is 2. The molecule has 1 unspecified atom stereocenters. The Morgan fingerprint density at radius 1 is 1.46 bits per heavy atom. The van der Waals surface area contributed by atoms with Crippen molar-refractivity contribution in [2.75, 3.05) is 13.7 Å². The van der Waals surface area contributed by atoms with Gasteiger partial charge in [0.15, 0.2) is 5.54 Å². The third-order valence-electron chi connectivity index (χ3n) is 4.57. The maximum atomic E-state index is 13.0. The van der Waals surface area contributed by atoms with Crippen LogP contribution < -0.4 is 5.32 Å². The molecular formula is C18H23N3O5. The van der Waals surface area contributed by atoms with Crippen LogP contribution in [0.25, 0.3) is 11.1 Å². The smallest absolute Gasteiger partial charge is 0.331 e. The van der Waals surface area contributed by atoms with E-state index in [4.69, 9.17) is 9.26 Å². The fraction of sp³-hybridized carbons (Fsp3) is 0.556. The number of carbonyl (C=O) groups excluding carboxylic acids is 1. The second-order valence-corrected chi connectivity index (χ2v) is 7.30. The van der Waals surface area contributed by atoms with Crippen molar-refractivity contribution < 1.29 is 24.0 Å². The SMILES string of the molecule is COCC(C)(NC(=O)c1cc(C2CC2)nc2onc(C(C)C)c12)C(=O)O. The fourth-order valence-corrected chi connectivity index (χ4v) is 2.91. The predicted octanol–water partition coefficient (Wildman–Crippen LogP) is 2.44. The molecule has 26 heavy (non-hydrogen) atoms. The van der Waals surface area contributed by atoms with Gasteiger partial charge in [-0.25, -0.2) is 9.78 Å². The highest BCUT2D eigenvalue weighted by Gasteiger charge is 2.37. The number of hydrogen-bond donors (Lipinski definition) is 2. The molecule has 1 amide bonds. The van der Waals surface area contributed by atoms with Gasteiger partial charge in [0.25, 0.3) is 11.6 Å². The average Bonchev–Trinajstić information content (AvgIpc) is 3.32. The second kappa shape index (κ2) is 6.68. The van der Waals surface area contributed by atoms with Crippen LogP contribution in [0.5, 0.6) is 0 Å². The molecule has 8 nitrogen and oxygen atoms in total. The van der Waals surface area contributed by atoms with Gasteiger partial charge in [0.1, 0.15) is 0 Å². The Labute approximate surface area is 150 Å². The Morgan fingerprint density at radius 2 is 2.15 bits per heavy atom. The lowest BCUT2D eigenvalue weighted by Gasteiger charge is -2.25. The largest absolute Gasteiger partial charge is 0.479 e. The summed E-state index contributed by atoms with van der Waals surface area (Å²) in [5, 5.41) is 16.7. The maximum absolute atomic E-state index is 13.0. The summed E-state index contributed by atoms with van der Waals surface area (Å²) in [5.74, 6) is -1.34. The summed E-state index contributed by atoms with van der Waals surface area (Å²) in [6.45, 7) is 5.15. The lowest BCUT2D eigenvalue weighted by Crippen LogP contribution is -2.55. The van der Waals surface area contributed by atoms with Gasteiger partial charge in [0.2, 0.25) is 0 Å². The van der Waals surface area contributed by atoms with Crippen LogP contribution in [0, 0.1) is 0 Å². The molecule has 1 aliphatic rings. The first-order valence-corrected chi connectivity index (χ1v) is 8.62. The number of amides is 1. The molecule has 3 rings (SSSR count). The van der Waals surface area contributed by atoms with Crippen molar-refractivity contribution in [2.45, 2.75) is 51.0 Å². The molecule has 0 radical (unpaired) electrons. The van der Waals surface area contributed by atoms with Crippen molar-refractivity contribution in [3.8, 4) is 0 Å². The number of methoxy groups -OCH3 is 1. The number of aliphatic carboxylic acids is 1. The van der Waals surface area contributed by atoms with Gasteiger partial charge in [-0.1, -0.05) is 19.0 Å². The van der Waals surface area contributed by atoms with E-state index in [-0.39, 0.29) is 12.5 Å². The molecular weight excluding hydrogens is 338 g/mol. The zero-order valence-electron chi connectivity index (χ0n) is 15.3. The average molecular weight is 361 g/mol. The quantitative estimate of drug-likeness (QED) is 0.778. The van der Waals surface area contributed by atoms with Crippen LogP contribution in [0.3, 0.4) is 0 Å². The lowest BCUT2D eigenvalue weighted by atomic mass is 9.99. The third kappa shape index (κ3) is 3.29. The summed E-state index contributed by atoms with van der Waals surface area (Å²) in [6.07, 6.45) is 2.03. The normalized spacial score (nSPS) is 16.7. The highest BCUT2D eigenvalue weighted by molar-refractivity contribution is 6.07. The van der Waals surface area contributed by atoms with Crippen LogP contribution >= 0.6 is 0 Å². The molecule has 0 spiro atoms.